The van der Waals surface area contributed by atoms with Crippen molar-refractivity contribution in [2.24, 2.45) is 0 Å². The summed E-state index contributed by atoms with van der Waals surface area (Å²) in [6, 6.07) is 3.21. The van der Waals surface area contributed by atoms with E-state index in [0.717, 1.165) is 12.1 Å². The Morgan fingerprint density at radius 3 is 2.44 bits per heavy atom. The van der Waals surface area contributed by atoms with Crippen molar-refractivity contribution in [3.8, 4) is 5.75 Å². The van der Waals surface area contributed by atoms with Gasteiger partial charge < -0.3 is 4.74 Å². The molecule has 1 aromatic rings. The van der Waals surface area contributed by atoms with Crippen LogP contribution in [0.3, 0.4) is 0 Å². The summed E-state index contributed by atoms with van der Waals surface area (Å²) in [5, 5.41) is 0. The predicted octanol–water partition coefficient (Wildman–Crippen LogP) is 4.24. The Morgan fingerprint density at radius 2 is 1.94 bits per heavy atom. The molecule has 0 saturated carbocycles. The molecule has 1 atom stereocenters. The molecular weight excluding hydrogens is 224 g/mol. The van der Waals surface area contributed by atoms with Crippen LogP contribution in [0.4, 0.5) is 17.6 Å². The fourth-order valence-corrected chi connectivity index (χ4v) is 1.35. The van der Waals surface area contributed by atoms with E-state index in [-0.39, 0.29) is 5.92 Å². The fraction of sp³-hybridized carbons (Fsp3) is 0.455. The number of benzene rings is 1. The van der Waals surface area contributed by atoms with Crippen molar-refractivity contribution in [1.29, 1.82) is 0 Å². The van der Waals surface area contributed by atoms with E-state index in [1.165, 1.54) is 6.07 Å². The zero-order valence-electron chi connectivity index (χ0n) is 8.94. The van der Waals surface area contributed by atoms with Crippen LogP contribution in [-0.2, 0) is 0 Å². The smallest absolute Gasteiger partial charge is 0.405 e. The Morgan fingerprint density at radius 1 is 1.31 bits per heavy atom. The summed E-state index contributed by atoms with van der Waals surface area (Å²) < 4.78 is 52.9. The molecule has 0 aliphatic rings. The molecule has 5 heteroatoms. The van der Waals surface area contributed by atoms with Crippen LogP contribution in [0.25, 0.3) is 0 Å². The maximum absolute atomic E-state index is 12.8. The number of hydrogen-bond donors (Lipinski definition) is 0. The van der Waals surface area contributed by atoms with E-state index < -0.39 is 17.9 Å². The highest BCUT2D eigenvalue weighted by Crippen LogP contribution is 2.33. The second kappa shape index (κ2) is 4.72. The first-order chi connectivity index (χ1) is 7.33. The van der Waals surface area contributed by atoms with E-state index in [4.69, 9.17) is 0 Å². The highest BCUT2D eigenvalue weighted by Gasteiger charge is 2.32. The first-order valence-corrected chi connectivity index (χ1v) is 4.88. The largest absolute Gasteiger partial charge is 0.573 e. The molecule has 0 N–H and O–H groups in total. The van der Waals surface area contributed by atoms with Gasteiger partial charge in [-0.05, 0) is 24.0 Å². The lowest BCUT2D eigenvalue weighted by atomic mass is 9.98. The summed E-state index contributed by atoms with van der Waals surface area (Å²) in [6.07, 6.45) is -4.14. The number of alkyl halides is 3. The molecule has 0 aliphatic heterocycles. The van der Waals surface area contributed by atoms with Gasteiger partial charge in [-0.15, -0.1) is 13.2 Å². The molecule has 0 amide bonds. The van der Waals surface area contributed by atoms with Gasteiger partial charge in [0, 0.05) is 6.07 Å². The minimum absolute atomic E-state index is 0.113. The molecular formula is C11H12F4O. The van der Waals surface area contributed by atoms with Crippen molar-refractivity contribution in [2.75, 3.05) is 0 Å². The Balaban J connectivity index is 3.08. The average Bonchev–Trinajstić information content (AvgIpc) is 2.14. The average molecular weight is 236 g/mol. The van der Waals surface area contributed by atoms with Crippen LogP contribution in [-0.4, -0.2) is 6.36 Å². The van der Waals surface area contributed by atoms with Crippen LogP contribution < -0.4 is 4.74 Å². The normalized spacial score (nSPS) is 13.6. The third-order valence-corrected chi connectivity index (χ3v) is 2.34. The topological polar surface area (TPSA) is 9.23 Å². The third-order valence-electron chi connectivity index (χ3n) is 2.34. The van der Waals surface area contributed by atoms with Gasteiger partial charge in [0.1, 0.15) is 11.6 Å². The molecule has 1 nitrogen and oxygen atoms in total. The molecule has 0 heterocycles. The number of halogens is 4. The Hall–Kier alpha value is -1.26. The summed E-state index contributed by atoms with van der Waals surface area (Å²) >= 11 is 0. The quantitative estimate of drug-likeness (QED) is 0.713. The molecule has 1 aromatic carbocycles. The van der Waals surface area contributed by atoms with Crippen LogP contribution in [0.15, 0.2) is 18.2 Å². The highest BCUT2D eigenvalue weighted by atomic mass is 19.4. The lowest BCUT2D eigenvalue weighted by Gasteiger charge is -2.16. The van der Waals surface area contributed by atoms with Crippen molar-refractivity contribution in [3.05, 3.63) is 29.6 Å². The van der Waals surface area contributed by atoms with Crippen molar-refractivity contribution in [1.82, 2.24) is 0 Å². The van der Waals surface area contributed by atoms with E-state index in [1.54, 1.807) is 6.92 Å². The van der Waals surface area contributed by atoms with Crippen LogP contribution in [0.2, 0.25) is 0 Å². The first kappa shape index (κ1) is 12.8. The van der Waals surface area contributed by atoms with Gasteiger partial charge in [-0.3, -0.25) is 0 Å². The molecule has 0 bridgehead atoms. The van der Waals surface area contributed by atoms with Crippen LogP contribution in [0.1, 0.15) is 31.7 Å². The predicted molar refractivity (Wildman–Crippen MR) is 51.8 cm³/mol. The van der Waals surface area contributed by atoms with Crippen LogP contribution >= 0.6 is 0 Å². The van der Waals surface area contributed by atoms with E-state index in [9.17, 15) is 17.6 Å². The minimum atomic E-state index is -4.80. The molecule has 0 radical (unpaired) electrons. The Labute approximate surface area is 91.0 Å². The van der Waals surface area contributed by atoms with Crippen molar-refractivity contribution < 1.29 is 22.3 Å². The summed E-state index contributed by atoms with van der Waals surface area (Å²) in [7, 11) is 0. The van der Waals surface area contributed by atoms with Crippen LogP contribution in [0, 0.1) is 5.82 Å². The maximum atomic E-state index is 12.8. The second-order valence-corrected chi connectivity index (χ2v) is 3.54. The summed E-state index contributed by atoms with van der Waals surface area (Å²) in [5.41, 5.74) is 0.362. The molecule has 0 aliphatic carbocycles. The van der Waals surface area contributed by atoms with Gasteiger partial charge >= 0.3 is 6.36 Å². The molecule has 0 saturated heterocycles. The molecule has 1 rings (SSSR count). The third kappa shape index (κ3) is 3.40. The lowest BCUT2D eigenvalue weighted by Crippen LogP contribution is -2.18. The Kier molecular flexibility index (Phi) is 3.78. The molecule has 16 heavy (non-hydrogen) atoms. The van der Waals surface area contributed by atoms with E-state index in [0.29, 0.717) is 12.0 Å². The van der Waals surface area contributed by atoms with Gasteiger partial charge in [0.05, 0.1) is 0 Å². The number of rotatable bonds is 3. The number of hydrogen-bond acceptors (Lipinski definition) is 1. The second-order valence-electron chi connectivity index (χ2n) is 3.54. The monoisotopic (exact) mass is 236 g/mol. The zero-order chi connectivity index (χ0) is 12.3. The minimum Gasteiger partial charge on any atom is -0.405 e. The van der Waals surface area contributed by atoms with Crippen molar-refractivity contribution in [2.45, 2.75) is 32.5 Å². The molecule has 90 valence electrons. The SMILES string of the molecule is CCC(C)c1ccc(F)cc1OC(F)(F)F. The summed E-state index contributed by atoms with van der Waals surface area (Å²) in [4.78, 5) is 0. The van der Waals surface area contributed by atoms with Crippen molar-refractivity contribution >= 4 is 0 Å². The van der Waals surface area contributed by atoms with E-state index >= 15 is 0 Å². The van der Waals surface area contributed by atoms with Gasteiger partial charge in [0.25, 0.3) is 0 Å². The van der Waals surface area contributed by atoms with Crippen LogP contribution in [0.5, 0.6) is 5.75 Å². The highest BCUT2D eigenvalue weighted by molar-refractivity contribution is 5.36. The van der Waals surface area contributed by atoms with E-state index in [2.05, 4.69) is 4.74 Å². The van der Waals surface area contributed by atoms with Crippen molar-refractivity contribution in [3.63, 3.8) is 0 Å². The number of ether oxygens (including phenoxy) is 1. The van der Waals surface area contributed by atoms with Gasteiger partial charge in [-0.2, -0.15) is 0 Å². The molecule has 0 fully saturated rings. The summed E-state index contributed by atoms with van der Waals surface area (Å²) in [5.74, 6) is -1.31. The Bertz CT molecular complexity index is 359. The van der Waals surface area contributed by atoms with E-state index in [1.807, 2.05) is 6.92 Å². The standard InChI is InChI=1S/C11H12F4O/c1-3-7(2)9-5-4-8(12)6-10(9)16-11(13,14)15/h4-7H,3H2,1-2H3. The maximum Gasteiger partial charge on any atom is 0.573 e. The molecule has 1 unspecified atom stereocenters. The van der Waals surface area contributed by atoms with Gasteiger partial charge in [0.15, 0.2) is 0 Å². The lowest BCUT2D eigenvalue weighted by molar-refractivity contribution is -0.275. The summed E-state index contributed by atoms with van der Waals surface area (Å²) in [6.45, 7) is 3.60. The fourth-order valence-electron chi connectivity index (χ4n) is 1.35. The molecule has 0 aromatic heterocycles. The van der Waals surface area contributed by atoms with Gasteiger partial charge in [-0.1, -0.05) is 19.9 Å². The zero-order valence-corrected chi connectivity index (χ0v) is 8.94. The van der Waals surface area contributed by atoms with Gasteiger partial charge in [-0.25, -0.2) is 4.39 Å². The molecule has 0 spiro atoms. The first-order valence-electron chi connectivity index (χ1n) is 4.88. The van der Waals surface area contributed by atoms with Gasteiger partial charge in [0.2, 0.25) is 0 Å².